The largest absolute Gasteiger partial charge is 0.463 e. The molecule has 6 nitrogen and oxygen atoms in total. The van der Waals surface area contributed by atoms with E-state index in [0.717, 1.165) is 34.2 Å². The van der Waals surface area contributed by atoms with Gasteiger partial charge in [0, 0.05) is 11.4 Å². The number of esters is 1. The van der Waals surface area contributed by atoms with Gasteiger partial charge < -0.3 is 10.1 Å². The highest BCUT2D eigenvalue weighted by Crippen LogP contribution is 2.37. The van der Waals surface area contributed by atoms with Gasteiger partial charge in [0.15, 0.2) is 0 Å². The normalized spacial score (nSPS) is 15.8. The number of ether oxygens (including phenoxy) is 1. The molecule has 0 spiro atoms. The van der Waals surface area contributed by atoms with Gasteiger partial charge in [-0.1, -0.05) is 62.2 Å². The lowest BCUT2D eigenvalue weighted by Gasteiger charge is -2.28. The molecule has 156 valence electrons. The van der Waals surface area contributed by atoms with Gasteiger partial charge in [0.05, 0.1) is 12.2 Å². The highest BCUT2D eigenvalue weighted by Gasteiger charge is 2.35. The van der Waals surface area contributed by atoms with Gasteiger partial charge in [0.25, 0.3) is 0 Å². The predicted molar refractivity (Wildman–Crippen MR) is 117 cm³/mol. The first-order valence-corrected chi connectivity index (χ1v) is 11.3. The van der Waals surface area contributed by atoms with Crippen molar-refractivity contribution in [1.29, 1.82) is 0 Å². The fraction of sp³-hybridized carbons (Fsp3) is 0.500. The maximum atomic E-state index is 12.8. The number of rotatable bonds is 9. The molecule has 1 aliphatic heterocycles. The third-order valence-electron chi connectivity index (χ3n) is 5.04. The molecular formula is C22H30N4O2S. The van der Waals surface area contributed by atoms with Gasteiger partial charge in [-0.15, -0.1) is 5.10 Å². The lowest BCUT2D eigenvalue weighted by atomic mass is 9.93. The molecule has 1 aromatic carbocycles. The number of aryl methyl sites for hydroxylation is 1. The first kappa shape index (κ1) is 21.4. The maximum Gasteiger partial charge on any atom is 0.338 e. The van der Waals surface area contributed by atoms with E-state index in [-0.39, 0.29) is 12.0 Å². The molecular weight excluding hydrogens is 384 g/mol. The number of anilines is 1. The number of nitrogens with zero attached hydrogens (tertiary/aromatic N) is 3. The molecule has 0 saturated heterocycles. The minimum Gasteiger partial charge on any atom is -0.463 e. The SMILES string of the molecule is CCCCCCSc1nc2n(n1)[C@H](c1ccccc1C)C(C(=O)OCC)=C(C)N2. The first-order valence-electron chi connectivity index (χ1n) is 10.4. The number of aromatic nitrogens is 3. The maximum absolute atomic E-state index is 12.8. The zero-order valence-corrected chi connectivity index (χ0v) is 18.5. The van der Waals surface area contributed by atoms with Crippen LogP contribution < -0.4 is 5.32 Å². The zero-order chi connectivity index (χ0) is 20.8. The summed E-state index contributed by atoms with van der Waals surface area (Å²) in [6.45, 7) is 8.31. The van der Waals surface area contributed by atoms with Crippen LogP contribution in [0.3, 0.4) is 0 Å². The number of carbonyl (C=O) groups is 1. The number of hydrogen-bond acceptors (Lipinski definition) is 6. The van der Waals surface area contributed by atoms with Crippen LogP contribution in [0.2, 0.25) is 0 Å². The van der Waals surface area contributed by atoms with Gasteiger partial charge in [-0.05, 0) is 38.3 Å². The summed E-state index contributed by atoms with van der Waals surface area (Å²) in [5, 5.41) is 8.75. The first-order chi connectivity index (χ1) is 14.1. The lowest BCUT2D eigenvalue weighted by molar-refractivity contribution is -0.139. The van der Waals surface area contributed by atoms with E-state index in [4.69, 9.17) is 9.84 Å². The molecule has 29 heavy (non-hydrogen) atoms. The second kappa shape index (κ2) is 9.96. The smallest absolute Gasteiger partial charge is 0.338 e. The highest BCUT2D eigenvalue weighted by molar-refractivity contribution is 7.99. The number of carbonyl (C=O) groups excluding carboxylic acids is 1. The number of thioether (sulfide) groups is 1. The molecule has 1 N–H and O–H groups in total. The Morgan fingerprint density at radius 2 is 2.00 bits per heavy atom. The van der Waals surface area contributed by atoms with Gasteiger partial charge >= 0.3 is 5.97 Å². The van der Waals surface area contributed by atoms with Gasteiger partial charge in [0.1, 0.15) is 6.04 Å². The Kier molecular flexibility index (Phi) is 7.36. The van der Waals surface area contributed by atoms with E-state index >= 15 is 0 Å². The molecule has 0 unspecified atom stereocenters. The third kappa shape index (κ3) is 4.83. The summed E-state index contributed by atoms with van der Waals surface area (Å²) in [5.41, 5.74) is 3.47. The van der Waals surface area contributed by atoms with Crippen LogP contribution in [-0.4, -0.2) is 33.1 Å². The van der Waals surface area contributed by atoms with E-state index in [0.29, 0.717) is 18.1 Å². The molecule has 0 bridgehead atoms. The Labute approximate surface area is 177 Å². The van der Waals surface area contributed by atoms with Crippen LogP contribution in [0.5, 0.6) is 0 Å². The minimum atomic E-state index is -0.353. The van der Waals surface area contributed by atoms with E-state index < -0.39 is 0 Å². The summed E-state index contributed by atoms with van der Waals surface area (Å²) in [7, 11) is 0. The lowest BCUT2D eigenvalue weighted by Crippen LogP contribution is -2.30. The van der Waals surface area contributed by atoms with Crippen LogP contribution >= 0.6 is 11.8 Å². The molecule has 0 radical (unpaired) electrons. The van der Waals surface area contributed by atoms with Crippen molar-refractivity contribution in [2.75, 3.05) is 17.7 Å². The van der Waals surface area contributed by atoms with Crippen molar-refractivity contribution < 1.29 is 9.53 Å². The molecule has 3 rings (SSSR count). The molecule has 2 aromatic rings. The number of nitrogens with one attached hydrogen (secondary N) is 1. The van der Waals surface area contributed by atoms with Crippen LogP contribution in [0.1, 0.15) is 63.6 Å². The number of hydrogen-bond donors (Lipinski definition) is 1. The van der Waals surface area contributed by atoms with Crippen LogP contribution in [0, 0.1) is 6.92 Å². The third-order valence-corrected chi connectivity index (χ3v) is 5.96. The Morgan fingerprint density at radius 1 is 1.21 bits per heavy atom. The van der Waals surface area contributed by atoms with E-state index in [9.17, 15) is 4.79 Å². The Hall–Kier alpha value is -2.28. The molecule has 0 amide bonds. The fourth-order valence-corrected chi connectivity index (χ4v) is 4.37. The molecule has 1 atom stereocenters. The number of fused-ring (bicyclic) bond motifs is 1. The quantitative estimate of drug-likeness (QED) is 0.349. The molecule has 2 heterocycles. The van der Waals surface area contributed by atoms with Crippen molar-refractivity contribution in [3.63, 3.8) is 0 Å². The summed E-state index contributed by atoms with van der Waals surface area (Å²) in [5.74, 6) is 1.34. The summed E-state index contributed by atoms with van der Waals surface area (Å²) in [6, 6.07) is 7.73. The van der Waals surface area contributed by atoms with Crippen LogP contribution in [0.4, 0.5) is 5.95 Å². The van der Waals surface area contributed by atoms with E-state index in [1.165, 1.54) is 19.3 Å². The van der Waals surface area contributed by atoms with Gasteiger partial charge in [-0.25, -0.2) is 9.48 Å². The van der Waals surface area contributed by atoms with Gasteiger partial charge in [-0.2, -0.15) is 4.98 Å². The standard InChI is InChI=1S/C22H30N4O2S/c1-5-7-8-11-14-29-22-24-21-23-16(4)18(20(27)28-6-2)19(26(21)25-22)17-13-10-9-12-15(17)3/h9-10,12-13,19H,5-8,11,14H2,1-4H3,(H,23,24,25)/t19-/m1/s1. The van der Waals surface area contributed by atoms with Crippen molar-refractivity contribution in [3.8, 4) is 0 Å². The van der Waals surface area contributed by atoms with Crippen molar-refractivity contribution >= 4 is 23.7 Å². The van der Waals surface area contributed by atoms with E-state index in [1.54, 1.807) is 11.8 Å². The van der Waals surface area contributed by atoms with Crippen molar-refractivity contribution in [2.45, 2.75) is 64.6 Å². The van der Waals surface area contributed by atoms with Crippen molar-refractivity contribution in [3.05, 3.63) is 46.7 Å². The monoisotopic (exact) mass is 414 g/mol. The molecule has 0 fully saturated rings. The predicted octanol–water partition coefficient (Wildman–Crippen LogP) is 5.11. The molecule has 1 aromatic heterocycles. The van der Waals surface area contributed by atoms with Crippen LogP contribution in [-0.2, 0) is 9.53 Å². The second-order valence-corrected chi connectivity index (χ2v) is 8.28. The molecule has 7 heteroatoms. The topological polar surface area (TPSA) is 69.0 Å². The van der Waals surface area contributed by atoms with E-state index in [1.807, 2.05) is 36.7 Å². The van der Waals surface area contributed by atoms with Gasteiger partial charge in [0.2, 0.25) is 11.1 Å². The van der Waals surface area contributed by atoms with Crippen LogP contribution in [0.15, 0.2) is 40.7 Å². The summed E-state index contributed by atoms with van der Waals surface area (Å²) in [4.78, 5) is 17.5. The summed E-state index contributed by atoms with van der Waals surface area (Å²) in [6.07, 6.45) is 4.87. The Bertz CT molecular complexity index is 891. The Balaban J connectivity index is 1.94. The number of unbranched alkanes of at least 4 members (excludes halogenated alkanes) is 3. The van der Waals surface area contributed by atoms with E-state index in [2.05, 4.69) is 30.2 Å². The average molecular weight is 415 g/mol. The Morgan fingerprint density at radius 3 is 2.72 bits per heavy atom. The van der Waals surface area contributed by atoms with Gasteiger partial charge in [-0.3, -0.25) is 0 Å². The number of benzene rings is 1. The summed E-state index contributed by atoms with van der Waals surface area (Å²) >= 11 is 1.67. The minimum absolute atomic E-state index is 0.319. The molecule has 1 aliphatic rings. The summed E-state index contributed by atoms with van der Waals surface area (Å²) < 4.78 is 7.19. The zero-order valence-electron chi connectivity index (χ0n) is 17.7. The molecule has 0 saturated carbocycles. The fourth-order valence-electron chi connectivity index (χ4n) is 3.54. The van der Waals surface area contributed by atoms with Crippen LogP contribution in [0.25, 0.3) is 0 Å². The average Bonchev–Trinajstić information content (AvgIpc) is 3.09. The second-order valence-electron chi connectivity index (χ2n) is 7.21. The highest BCUT2D eigenvalue weighted by atomic mass is 32.2. The van der Waals surface area contributed by atoms with Crippen molar-refractivity contribution in [2.24, 2.45) is 0 Å². The number of allylic oxidation sites excluding steroid dienone is 1. The molecule has 0 aliphatic carbocycles. The van der Waals surface area contributed by atoms with Crippen molar-refractivity contribution in [1.82, 2.24) is 14.8 Å².